The fourth-order valence-electron chi connectivity index (χ4n) is 5.21. The Morgan fingerprint density at radius 3 is 2.11 bits per heavy atom. The van der Waals surface area contributed by atoms with E-state index in [1.807, 2.05) is 6.92 Å². The SMILES string of the molecule is CC1COC(c2ccc(-c3ccc(C4CCC(C(F)(F)Oc5ccc(F)cc5)CC4)c(F)c3)c(F)c2)OC1. The minimum atomic E-state index is -3.42. The Balaban J connectivity index is 1.23. The summed E-state index contributed by atoms with van der Waals surface area (Å²) in [6.45, 7) is 3.06. The average Bonchev–Trinajstić information content (AvgIpc) is 2.90. The molecule has 0 N–H and O–H groups in total. The molecule has 1 aliphatic heterocycles. The highest BCUT2D eigenvalue weighted by molar-refractivity contribution is 5.65. The van der Waals surface area contributed by atoms with Gasteiger partial charge in [0.25, 0.3) is 0 Å². The summed E-state index contributed by atoms with van der Waals surface area (Å²) in [6.07, 6.45) is -3.00. The van der Waals surface area contributed by atoms with Crippen LogP contribution in [0.1, 0.15) is 55.9 Å². The summed E-state index contributed by atoms with van der Waals surface area (Å²) in [4.78, 5) is 0. The third-order valence-corrected chi connectivity index (χ3v) is 7.35. The Kier molecular flexibility index (Phi) is 7.73. The zero-order valence-electron chi connectivity index (χ0n) is 20.9. The van der Waals surface area contributed by atoms with Crippen molar-refractivity contribution in [1.29, 1.82) is 0 Å². The van der Waals surface area contributed by atoms with Crippen molar-refractivity contribution >= 4 is 0 Å². The first-order valence-corrected chi connectivity index (χ1v) is 12.8. The van der Waals surface area contributed by atoms with E-state index in [2.05, 4.69) is 0 Å². The molecule has 1 saturated carbocycles. The third-order valence-electron chi connectivity index (χ3n) is 7.35. The van der Waals surface area contributed by atoms with Gasteiger partial charge in [0.1, 0.15) is 23.2 Å². The largest absolute Gasteiger partial charge is 0.432 e. The van der Waals surface area contributed by atoms with Gasteiger partial charge in [-0.1, -0.05) is 31.2 Å². The summed E-state index contributed by atoms with van der Waals surface area (Å²) >= 11 is 0. The number of rotatable bonds is 6. The van der Waals surface area contributed by atoms with Gasteiger partial charge in [0.15, 0.2) is 6.29 Å². The summed E-state index contributed by atoms with van der Waals surface area (Å²) < 4.78 is 88.7. The molecule has 2 fully saturated rings. The van der Waals surface area contributed by atoms with Gasteiger partial charge in [-0.05, 0) is 79.1 Å². The molecule has 1 heterocycles. The van der Waals surface area contributed by atoms with Gasteiger partial charge in [-0.15, -0.1) is 0 Å². The van der Waals surface area contributed by atoms with Crippen molar-refractivity contribution in [1.82, 2.24) is 0 Å². The number of hydrogen-bond donors (Lipinski definition) is 0. The smallest absolute Gasteiger partial charge is 0.400 e. The molecule has 0 aromatic heterocycles. The quantitative estimate of drug-likeness (QED) is 0.299. The third kappa shape index (κ3) is 5.86. The van der Waals surface area contributed by atoms with Crippen LogP contribution in [0.2, 0.25) is 0 Å². The predicted octanol–water partition coefficient (Wildman–Crippen LogP) is 8.40. The van der Waals surface area contributed by atoms with Crippen LogP contribution in [0.15, 0.2) is 60.7 Å². The van der Waals surface area contributed by atoms with Crippen molar-refractivity contribution < 1.29 is 36.2 Å². The summed E-state index contributed by atoms with van der Waals surface area (Å²) in [5.74, 6) is -2.61. The molecule has 8 heteroatoms. The molecule has 1 saturated heterocycles. The van der Waals surface area contributed by atoms with Crippen molar-refractivity contribution in [3.05, 3.63) is 89.2 Å². The maximum absolute atomic E-state index is 15.1. The normalized spacial score (nSPS) is 24.3. The second-order valence-corrected chi connectivity index (χ2v) is 10.2. The zero-order valence-corrected chi connectivity index (χ0v) is 20.9. The van der Waals surface area contributed by atoms with Crippen LogP contribution < -0.4 is 4.74 Å². The fourth-order valence-corrected chi connectivity index (χ4v) is 5.21. The Bertz CT molecular complexity index is 1250. The molecule has 202 valence electrons. The zero-order chi connectivity index (χ0) is 26.9. The summed E-state index contributed by atoms with van der Waals surface area (Å²) in [6, 6.07) is 13.7. The molecule has 2 aliphatic rings. The predicted molar refractivity (Wildman–Crippen MR) is 132 cm³/mol. The molecular weight excluding hydrogens is 503 g/mol. The van der Waals surface area contributed by atoms with E-state index in [1.54, 1.807) is 24.3 Å². The van der Waals surface area contributed by atoms with Crippen molar-refractivity contribution in [2.75, 3.05) is 13.2 Å². The maximum Gasteiger partial charge on any atom is 0.400 e. The monoisotopic (exact) mass is 532 g/mol. The number of halogens is 5. The number of benzene rings is 3. The van der Waals surface area contributed by atoms with E-state index in [9.17, 15) is 17.6 Å². The first-order chi connectivity index (χ1) is 18.2. The lowest BCUT2D eigenvalue weighted by molar-refractivity contribution is -0.222. The van der Waals surface area contributed by atoms with Crippen LogP contribution in [-0.2, 0) is 9.47 Å². The van der Waals surface area contributed by atoms with Crippen molar-refractivity contribution in [3.63, 3.8) is 0 Å². The molecule has 3 aromatic rings. The maximum atomic E-state index is 15.1. The highest BCUT2D eigenvalue weighted by Gasteiger charge is 2.44. The Morgan fingerprint density at radius 2 is 1.47 bits per heavy atom. The Hall–Kier alpha value is -2.97. The number of alkyl halides is 2. The fraction of sp³-hybridized carbons (Fsp3) is 0.400. The van der Waals surface area contributed by atoms with Crippen LogP contribution in [0.5, 0.6) is 5.75 Å². The molecular formula is C30H29F5O3. The van der Waals surface area contributed by atoms with Gasteiger partial charge in [0.2, 0.25) is 0 Å². The molecule has 3 nitrogen and oxygen atoms in total. The standard InChI is InChI=1S/C30H29F5O3/c1-18-16-36-29(37-17-18)21-5-13-26(28(33)15-21)20-4-12-25(27(32)14-20)19-2-6-22(7-3-19)30(34,35)38-24-10-8-23(31)9-11-24/h4-5,8-15,18-19,22,29H,2-3,6-7,16-17H2,1H3. The second-order valence-electron chi connectivity index (χ2n) is 10.2. The van der Waals surface area contributed by atoms with E-state index in [1.165, 1.54) is 24.3 Å². The first kappa shape index (κ1) is 26.6. The lowest BCUT2D eigenvalue weighted by Crippen LogP contribution is -2.37. The number of hydrogen-bond acceptors (Lipinski definition) is 3. The lowest BCUT2D eigenvalue weighted by atomic mass is 9.77. The van der Waals surface area contributed by atoms with Gasteiger partial charge in [-0.2, -0.15) is 8.78 Å². The summed E-state index contributed by atoms with van der Waals surface area (Å²) in [5, 5.41) is 0. The molecule has 0 radical (unpaired) electrons. The highest BCUT2D eigenvalue weighted by atomic mass is 19.3. The molecule has 38 heavy (non-hydrogen) atoms. The van der Waals surface area contributed by atoms with E-state index in [4.69, 9.17) is 14.2 Å². The van der Waals surface area contributed by atoms with Gasteiger partial charge in [-0.3, -0.25) is 0 Å². The molecule has 1 aliphatic carbocycles. The molecule has 0 bridgehead atoms. The van der Waals surface area contributed by atoms with Gasteiger partial charge in [-0.25, -0.2) is 13.2 Å². The van der Waals surface area contributed by atoms with Gasteiger partial charge in [0.05, 0.1) is 19.1 Å². The van der Waals surface area contributed by atoms with E-state index < -0.39 is 35.8 Å². The minimum Gasteiger partial charge on any atom is -0.432 e. The summed E-state index contributed by atoms with van der Waals surface area (Å²) in [5.41, 5.74) is 1.64. The van der Waals surface area contributed by atoms with E-state index in [0.29, 0.717) is 42.7 Å². The van der Waals surface area contributed by atoms with Crippen LogP contribution in [0.3, 0.4) is 0 Å². The minimum absolute atomic E-state index is 0.103. The molecule has 0 unspecified atom stereocenters. The lowest BCUT2D eigenvalue weighted by Gasteiger charge is -2.33. The second kappa shape index (κ2) is 11.0. The van der Waals surface area contributed by atoms with Crippen LogP contribution in [-0.4, -0.2) is 19.3 Å². The highest BCUT2D eigenvalue weighted by Crippen LogP contribution is 2.44. The van der Waals surface area contributed by atoms with Gasteiger partial charge in [0, 0.05) is 17.0 Å². The van der Waals surface area contributed by atoms with Crippen LogP contribution in [0, 0.1) is 29.3 Å². The molecule has 0 atom stereocenters. The molecule has 0 amide bonds. The average molecular weight is 533 g/mol. The van der Waals surface area contributed by atoms with Crippen LogP contribution in [0.25, 0.3) is 11.1 Å². The van der Waals surface area contributed by atoms with Gasteiger partial charge < -0.3 is 14.2 Å². The molecule has 3 aromatic carbocycles. The van der Waals surface area contributed by atoms with E-state index in [-0.39, 0.29) is 36.0 Å². The first-order valence-electron chi connectivity index (χ1n) is 12.8. The topological polar surface area (TPSA) is 27.7 Å². The van der Waals surface area contributed by atoms with Crippen LogP contribution >= 0.6 is 0 Å². The Labute approximate surface area is 218 Å². The van der Waals surface area contributed by atoms with Crippen molar-refractivity contribution in [2.24, 2.45) is 11.8 Å². The van der Waals surface area contributed by atoms with Gasteiger partial charge >= 0.3 is 6.11 Å². The van der Waals surface area contributed by atoms with Crippen molar-refractivity contribution in [2.45, 2.75) is 50.9 Å². The Morgan fingerprint density at radius 1 is 0.789 bits per heavy atom. The van der Waals surface area contributed by atoms with E-state index >= 15 is 4.39 Å². The van der Waals surface area contributed by atoms with E-state index in [0.717, 1.165) is 12.1 Å². The number of ether oxygens (including phenoxy) is 3. The van der Waals surface area contributed by atoms with Crippen molar-refractivity contribution in [3.8, 4) is 16.9 Å². The molecule has 0 spiro atoms. The summed E-state index contributed by atoms with van der Waals surface area (Å²) in [7, 11) is 0. The van der Waals surface area contributed by atoms with Crippen LogP contribution in [0.4, 0.5) is 22.0 Å². The molecule has 5 rings (SSSR count).